The fourth-order valence-electron chi connectivity index (χ4n) is 2.34. The van der Waals surface area contributed by atoms with Crippen LogP contribution in [0, 0.1) is 10.1 Å². The van der Waals surface area contributed by atoms with E-state index in [1.165, 1.54) is 30.2 Å². The lowest BCUT2D eigenvalue weighted by Gasteiger charge is -1.99. The lowest BCUT2D eigenvalue weighted by atomic mass is 10.2. The van der Waals surface area contributed by atoms with E-state index in [1.54, 1.807) is 23.0 Å². The van der Waals surface area contributed by atoms with Gasteiger partial charge in [-0.1, -0.05) is 11.8 Å². The minimum Gasteiger partial charge on any atom is -0.420 e. The number of benzene rings is 1. The standard InChI is InChI=1S/C15H11N7O3S/c1-21-13-11(6-18-21)15(17-8-16-13)26-7-12-19-20-14(25-12)9-2-4-10(5-3-9)22(23)24/h2-6,8H,7H2,1H3. The number of aryl methyl sites for hydroxylation is 1. The van der Waals surface area contributed by atoms with Crippen LogP contribution >= 0.6 is 11.8 Å². The Morgan fingerprint density at radius 2 is 2.04 bits per heavy atom. The molecule has 26 heavy (non-hydrogen) atoms. The topological polar surface area (TPSA) is 126 Å². The van der Waals surface area contributed by atoms with Crippen molar-refractivity contribution in [2.24, 2.45) is 7.05 Å². The third kappa shape index (κ3) is 2.99. The molecule has 0 atom stereocenters. The summed E-state index contributed by atoms with van der Waals surface area (Å²) in [4.78, 5) is 18.7. The lowest BCUT2D eigenvalue weighted by molar-refractivity contribution is -0.384. The fourth-order valence-corrected chi connectivity index (χ4v) is 3.14. The Balaban J connectivity index is 1.50. The van der Waals surface area contributed by atoms with Crippen LogP contribution in [0.1, 0.15) is 5.89 Å². The second-order valence-electron chi connectivity index (χ2n) is 5.28. The normalized spacial score (nSPS) is 11.1. The molecule has 4 aromatic rings. The molecule has 0 aliphatic heterocycles. The molecule has 11 heteroatoms. The molecule has 3 aromatic heterocycles. The first kappa shape index (κ1) is 16.1. The molecule has 0 saturated heterocycles. The number of thioether (sulfide) groups is 1. The third-order valence-electron chi connectivity index (χ3n) is 3.62. The number of aromatic nitrogens is 6. The number of nitro benzene ring substituents is 1. The molecule has 0 unspecified atom stereocenters. The number of rotatable bonds is 5. The first-order chi connectivity index (χ1) is 12.6. The van der Waals surface area contributed by atoms with Gasteiger partial charge in [0.15, 0.2) is 5.65 Å². The van der Waals surface area contributed by atoms with Crippen molar-refractivity contribution >= 4 is 28.5 Å². The van der Waals surface area contributed by atoms with Crippen LogP contribution in [0.2, 0.25) is 0 Å². The van der Waals surface area contributed by atoms with Crippen molar-refractivity contribution in [3.05, 3.63) is 52.8 Å². The maximum Gasteiger partial charge on any atom is 0.269 e. The van der Waals surface area contributed by atoms with Gasteiger partial charge in [-0.15, -0.1) is 10.2 Å². The number of fused-ring (bicyclic) bond motifs is 1. The summed E-state index contributed by atoms with van der Waals surface area (Å²) in [7, 11) is 1.82. The Morgan fingerprint density at radius 3 is 2.81 bits per heavy atom. The van der Waals surface area contributed by atoms with Crippen LogP contribution in [0.5, 0.6) is 0 Å². The molecule has 10 nitrogen and oxygen atoms in total. The van der Waals surface area contributed by atoms with Crippen molar-refractivity contribution in [1.82, 2.24) is 29.9 Å². The predicted octanol–water partition coefficient (Wildman–Crippen LogP) is 2.61. The van der Waals surface area contributed by atoms with Gasteiger partial charge in [-0.05, 0) is 12.1 Å². The van der Waals surface area contributed by atoms with Crippen LogP contribution in [0.3, 0.4) is 0 Å². The summed E-state index contributed by atoms with van der Waals surface area (Å²) >= 11 is 1.44. The average molecular weight is 369 g/mol. The van der Waals surface area contributed by atoms with Gasteiger partial charge in [-0.25, -0.2) is 9.97 Å². The highest BCUT2D eigenvalue weighted by Crippen LogP contribution is 2.28. The molecule has 0 spiro atoms. The van der Waals surface area contributed by atoms with Crippen LogP contribution in [0.25, 0.3) is 22.5 Å². The van der Waals surface area contributed by atoms with Gasteiger partial charge in [0.05, 0.1) is 22.3 Å². The quantitative estimate of drug-likeness (QED) is 0.226. The number of hydrogen-bond donors (Lipinski definition) is 0. The van der Waals surface area contributed by atoms with E-state index in [4.69, 9.17) is 4.42 Å². The molecule has 0 fully saturated rings. The Morgan fingerprint density at radius 1 is 1.23 bits per heavy atom. The molecule has 3 heterocycles. The molecule has 0 saturated carbocycles. The van der Waals surface area contributed by atoms with Gasteiger partial charge in [-0.3, -0.25) is 14.8 Å². The molecular weight excluding hydrogens is 358 g/mol. The summed E-state index contributed by atoms with van der Waals surface area (Å²) in [6, 6.07) is 5.94. The van der Waals surface area contributed by atoms with E-state index in [0.29, 0.717) is 23.1 Å². The van der Waals surface area contributed by atoms with E-state index in [0.717, 1.165) is 16.1 Å². The van der Waals surface area contributed by atoms with Gasteiger partial charge >= 0.3 is 0 Å². The van der Waals surface area contributed by atoms with Crippen LogP contribution in [-0.4, -0.2) is 34.9 Å². The third-order valence-corrected chi connectivity index (χ3v) is 4.61. The highest BCUT2D eigenvalue weighted by molar-refractivity contribution is 7.98. The number of hydrogen-bond acceptors (Lipinski definition) is 9. The Hall–Kier alpha value is -3.34. The maximum absolute atomic E-state index is 10.7. The SMILES string of the molecule is Cn1ncc2c(SCc3nnc(-c4ccc([N+](=O)[O-])cc4)o3)ncnc21. The van der Waals surface area contributed by atoms with E-state index in [-0.39, 0.29) is 5.69 Å². The van der Waals surface area contributed by atoms with Crippen molar-refractivity contribution in [3.63, 3.8) is 0 Å². The number of non-ortho nitro benzene ring substituents is 1. The molecule has 0 aliphatic carbocycles. The highest BCUT2D eigenvalue weighted by Gasteiger charge is 2.13. The highest BCUT2D eigenvalue weighted by atomic mass is 32.2. The van der Waals surface area contributed by atoms with E-state index in [1.807, 2.05) is 7.05 Å². The number of nitrogens with zero attached hydrogens (tertiary/aromatic N) is 7. The Bertz CT molecular complexity index is 1090. The fraction of sp³-hybridized carbons (Fsp3) is 0.133. The molecular formula is C15H11N7O3S. The smallest absolute Gasteiger partial charge is 0.269 e. The van der Waals surface area contributed by atoms with Gasteiger partial charge in [0.25, 0.3) is 5.69 Å². The van der Waals surface area contributed by atoms with Crippen LogP contribution in [-0.2, 0) is 12.8 Å². The van der Waals surface area contributed by atoms with Gasteiger partial charge < -0.3 is 4.42 Å². The molecule has 4 rings (SSSR count). The van der Waals surface area contributed by atoms with Crippen LogP contribution in [0.4, 0.5) is 5.69 Å². The molecule has 0 bridgehead atoms. The zero-order chi connectivity index (χ0) is 18.1. The van der Waals surface area contributed by atoms with Gasteiger partial charge in [-0.2, -0.15) is 5.10 Å². The summed E-state index contributed by atoms with van der Waals surface area (Å²) in [6.07, 6.45) is 3.20. The number of nitro groups is 1. The van der Waals surface area contributed by atoms with Gasteiger partial charge in [0.1, 0.15) is 11.4 Å². The maximum atomic E-state index is 10.7. The van der Waals surface area contributed by atoms with E-state index in [2.05, 4.69) is 25.3 Å². The van der Waals surface area contributed by atoms with E-state index >= 15 is 0 Å². The summed E-state index contributed by atoms with van der Waals surface area (Å²) in [5.41, 5.74) is 1.38. The van der Waals surface area contributed by atoms with Crippen LogP contribution < -0.4 is 0 Å². The second-order valence-corrected chi connectivity index (χ2v) is 6.24. The van der Waals surface area contributed by atoms with Crippen molar-refractivity contribution in [2.75, 3.05) is 0 Å². The van der Waals surface area contributed by atoms with Crippen molar-refractivity contribution in [2.45, 2.75) is 10.8 Å². The predicted molar refractivity (Wildman–Crippen MR) is 92.3 cm³/mol. The average Bonchev–Trinajstić information content (AvgIpc) is 3.28. The minimum absolute atomic E-state index is 0.00768. The van der Waals surface area contributed by atoms with Gasteiger partial charge in [0, 0.05) is 24.7 Å². The minimum atomic E-state index is -0.458. The van der Waals surface area contributed by atoms with Crippen LogP contribution in [0.15, 0.2) is 46.2 Å². The lowest BCUT2D eigenvalue weighted by Crippen LogP contribution is -1.93. The zero-order valence-electron chi connectivity index (χ0n) is 13.4. The largest absolute Gasteiger partial charge is 0.420 e. The molecule has 1 aromatic carbocycles. The van der Waals surface area contributed by atoms with Crippen molar-refractivity contribution in [1.29, 1.82) is 0 Å². The monoisotopic (exact) mass is 369 g/mol. The molecule has 0 aliphatic rings. The first-order valence-corrected chi connectivity index (χ1v) is 8.43. The van der Waals surface area contributed by atoms with Gasteiger partial charge in [0.2, 0.25) is 11.8 Å². The molecule has 130 valence electrons. The summed E-state index contributed by atoms with van der Waals surface area (Å²) in [5, 5.41) is 24.5. The summed E-state index contributed by atoms with van der Waals surface area (Å²) in [6.45, 7) is 0. The zero-order valence-corrected chi connectivity index (χ0v) is 14.3. The van der Waals surface area contributed by atoms with Crippen molar-refractivity contribution in [3.8, 4) is 11.5 Å². The summed E-state index contributed by atoms with van der Waals surface area (Å²) in [5.74, 6) is 1.17. The molecule has 0 amide bonds. The molecule has 0 radical (unpaired) electrons. The molecule has 0 N–H and O–H groups in total. The Labute approximate surface area is 150 Å². The Kier molecular flexibility index (Phi) is 4.05. The van der Waals surface area contributed by atoms with E-state index in [9.17, 15) is 10.1 Å². The summed E-state index contributed by atoms with van der Waals surface area (Å²) < 4.78 is 7.31. The van der Waals surface area contributed by atoms with E-state index < -0.39 is 4.92 Å². The second kappa shape index (κ2) is 6.52. The first-order valence-electron chi connectivity index (χ1n) is 7.44. The van der Waals surface area contributed by atoms with Crippen molar-refractivity contribution < 1.29 is 9.34 Å².